The summed E-state index contributed by atoms with van der Waals surface area (Å²) in [5.41, 5.74) is 0.445. The van der Waals surface area contributed by atoms with E-state index in [1.54, 1.807) is 24.3 Å². The third-order valence-electron chi connectivity index (χ3n) is 1.73. The molecular formula is C10H10FNO. The minimum absolute atomic E-state index is 0.152. The van der Waals surface area contributed by atoms with Crippen LogP contribution in [0.25, 0.3) is 4.85 Å². The van der Waals surface area contributed by atoms with Crippen molar-refractivity contribution in [2.75, 3.05) is 13.7 Å². The second-order valence-corrected chi connectivity index (χ2v) is 2.55. The molecular weight excluding hydrogens is 169 g/mol. The fourth-order valence-corrected chi connectivity index (χ4v) is 1.10. The Hall–Kier alpha value is -1.56. The van der Waals surface area contributed by atoms with E-state index in [2.05, 4.69) is 4.85 Å². The number of benzene rings is 1. The predicted molar refractivity (Wildman–Crippen MR) is 48.3 cm³/mol. The fourth-order valence-electron chi connectivity index (χ4n) is 1.10. The molecule has 0 aliphatic carbocycles. The number of hydrogen-bond donors (Lipinski definition) is 0. The van der Waals surface area contributed by atoms with Crippen molar-refractivity contribution < 1.29 is 9.13 Å². The number of alkyl halides is 1. The summed E-state index contributed by atoms with van der Waals surface area (Å²) < 4.78 is 18.3. The third kappa shape index (κ3) is 2.19. The summed E-state index contributed by atoms with van der Waals surface area (Å²) in [6.45, 7) is 6.40. The van der Waals surface area contributed by atoms with E-state index >= 15 is 0 Å². The molecule has 0 aromatic heterocycles. The second-order valence-electron chi connectivity index (χ2n) is 2.55. The van der Waals surface area contributed by atoms with Crippen molar-refractivity contribution >= 4 is 0 Å². The zero-order valence-corrected chi connectivity index (χ0v) is 7.33. The van der Waals surface area contributed by atoms with E-state index in [1.165, 1.54) is 7.11 Å². The van der Waals surface area contributed by atoms with Crippen LogP contribution in [0, 0.1) is 6.57 Å². The van der Waals surface area contributed by atoms with Crippen molar-refractivity contribution in [3.05, 3.63) is 41.2 Å². The quantitative estimate of drug-likeness (QED) is 0.650. The molecule has 68 valence electrons. The van der Waals surface area contributed by atoms with E-state index in [1.807, 2.05) is 0 Å². The Balaban J connectivity index is 2.93. The summed E-state index contributed by atoms with van der Waals surface area (Å²) in [4.78, 5) is 3.01. The zero-order chi connectivity index (χ0) is 9.68. The van der Waals surface area contributed by atoms with Crippen LogP contribution in [-0.4, -0.2) is 13.7 Å². The lowest BCUT2D eigenvalue weighted by atomic mass is 10.1. The molecule has 0 aliphatic rings. The Labute approximate surface area is 76.8 Å². The first-order chi connectivity index (χ1) is 6.29. The first-order valence-electron chi connectivity index (χ1n) is 3.89. The smallest absolute Gasteiger partial charge is 0.249 e. The van der Waals surface area contributed by atoms with E-state index in [0.29, 0.717) is 11.3 Å². The minimum Gasteiger partial charge on any atom is -0.496 e. The van der Waals surface area contributed by atoms with Crippen LogP contribution in [-0.2, 0) is 0 Å². The van der Waals surface area contributed by atoms with Gasteiger partial charge in [-0.05, 0) is 6.07 Å². The summed E-state index contributed by atoms with van der Waals surface area (Å²) in [5.74, 6) is 0.499. The van der Waals surface area contributed by atoms with Crippen LogP contribution in [0.15, 0.2) is 24.3 Å². The van der Waals surface area contributed by atoms with E-state index in [-0.39, 0.29) is 6.54 Å². The molecule has 0 bridgehead atoms. The molecule has 0 heterocycles. The van der Waals surface area contributed by atoms with Gasteiger partial charge in [0.1, 0.15) is 5.75 Å². The molecule has 2 nitrogen and oxygen atoms in total. The number of rotatable bonds is 3. The molecule has 1 unspecified atom stereocenters. The molecule has 1 atom stereocenters. The normalized spacial score (nSPS) is 11.8. The van der Waals surface area contributed by atoms with Crippen LogP contribution in [0.2, 0.25) is 0 Å². The molecule has 0 spiro atoms. The molecule has 0 saturated carbocycles. The monoisotopic (exact) mass is 179 g/mol. The first-order valence-corrected chi connectivity index (χ1v) is 3.89. The van der Waals surface area contributed by atoms with E-state index in [0.717, 1.165) is 0 Å². The van der Waals surface area contributed by atoms with Crippen molar-refractivity contribution in [1.82, 2.24) is 0 Å². The maximum absolute atomic E-state index is 13.3. The summed E-state index contributed by atoms with van der Waals surface area (Å²) in [6.07, 6.45) is -1.26. The number of ether oxygens (including phenoxy) is 1. The lowest BCUT2D eigenvalue weighted by Gasteiger charge is -2.07. The summed E-state index contributed by atoms with van der Waals surface area (Å²) >= 11 is 0. The van der Waals surface area contributed by atoms with Crippen LogP contribution < -0.4 is 4.74 Å². The molecule has 0 saturated heterocycles. The van der Waals surface area contributed by atoms with Crippen LogP contribution in [0.5, 0.6) is 5.75 Å². The Kier molecular flexibility index (Phi) is 3.27. The maximum atomic E-state index is 13.3. The number of hydrogen-bond acceptors (Lipinski definition) is 1. The first kappa shape index (κ1) is 9.53. The molecule has 0 aliphatic heterocycles. The molecule has 0 amide bonds. The molecule has 1 rings (SSSR count). The molecule has 0 N–H and O–H groups in total. The van der Waals surface area contributed by atoms with Gasteiger partial charge < -0.3 is 9.58 Å². The van der Waals surface area contributed by atoms with Crippen molar-refractivity contribution in [2.45, 2.75) is 6.17 Å². The summed E-state index contributed by atoms with van der Waals surface area (Å²) in [5, 5.41) is 0. The van der Waals surface area contributed by atoms with Crippen molar-refractivity contribution in [3.8, 4) is 5.75 Å². The fraction of sp³-hybridized carbons (Fsp3) is 0.300. The zero-order valence-electron chi connectivity index (χ0n) is 7.33. The van der Waals surface area contributed by atoms with Gasteiger partial charge in [0.15, 0.2) is 0 Å². The molecule has 13 heavy (non-hydrogen) atoms. The van der Waals surface area contributed by atoms with Gasteiger partial charge >= 0.3 is 0 Å². The largest absolute Gasteiger partial charge is 0.496 e. The highest BCUT2D eigenvalue weighted by Gasteiger charge is 2.16. The molecule has 1 aromatic rings. The molecule has 0 fully saturated rings. The number of methoxy groups -OCH3 is 1. The SMILES string of the molecule is [C-]#[N+]CC(F)c1ccccc1OC. The highest BCUT2D eigenvalue weighted by Crippen LogP contribution is 2.27. The van der Waals surface area contributed by atoms with Crippen molar-refractivity contribution in [1.29, 1.82) is 0 Å². The highest BCUT2D eigenvalue weighted by atomic mass is 19.1. The Morgan fingerprint density at radius 1 is 1.54 bits per heavy atom. The van der Waals surface area contributed by atoms with Crippen LogP contribution in [0.4, 0.5) is 4.39 Å². The van der Waals surface area contributed by atoms with Gasteiger partial charge in [0.05, 0.1) is 7.11 Å². The lowest BCUT2D eigenvalue weighted by molar-refractivity contribution is 0.342. The van der Waals surface area contributed by atoms with Gasteiger partial charge in [0.2, 0.25) is 12.7 Å². The molecule has 3 heteroatoms. The van der Waals surface area contributed by atoms with E-state index in [4.69, 9.17) is 11.3 Å². The van der Waals surface area contributed by atoms with Gasteiger partial charge in [0.25, 0.3) is 0 Å². The van der Waals surface area contributed by atoms with Gasteiger partial charge in [-0.15, -0.1) is 0 Å². The number of nitrogens with zero attached hydrogens (tertiary/aromatic N) is 1. The number of halogens is 1. The van der Waals surface area contributed by atoms with Crippen molar-refractivity contribution in [3.63, 3.8) is 0 Å². The predicted octanol–water partition coefficient (Wildman–Crippen LogP) is 2.63. The average molecular weight is 179 g/mol. The summed E-state index contributed by atoms with van der Waals surface area (Å²) in [6, 6.07) is 6.82. The van der Waals surface area contributed by atoms with E-state index < -0.39 is 6.17 Å². The molecule has 1 aromatic carbocycles. The van der Waals surface area contributed by atoms with Gasteiger partial charge in [0, 0.05) is 5.56 Å². The summed E-state index contributed by atoms with van der Waals surface area (Å²) in [7, 11) is 1.49. The van der Waals surface area contributed by atoms with Crippen LogP contribution >= 0.6 is 0 Å². The second kappa shape index (κ2) is 4.46. The number of para-hydroxylation sites is 1. The van der Waals surface area contributed by atoms with Gasteiger partial charge in [-0.3, -0.25) is 0 Å². The third-order valence-corrected chi connectivity index (χ3v) is 1.73. The Morgan fingerprint density at radius 2 is 2.23 bits per heavy atom. The Bertz CT molecular complexity index is 319. The minimum atomic E-state index is -1.26. The van der Waals surface area contributed by atoms with Crippen LogP contribution in [0.1, 0.15) is 11.7 Å². The Morgan fingerprint density at radius 3 is 2.85 bits per heavy atom. The van der Waals surface area contributed by atoms with Gasteiger partial charge in [-0.2, -0.15) is 0 Å². The van der Waals surface area contributed by atoms with Gasteiger partial charge in [-0.1, -0.05) is 18.2 Å². The molecule has 0 radical (unpaired) electrons. The topological polar surface area (TPSA) is 13.6 Å². The van der Waals surface area contributed by atoms with Gasteiger partial charge in [-0.25, -0.2) is 11.0 Å². The highest BCUT2D eigenvalue weighted by molar-refractivity contribution is 5.35. The average Bonchev–Trinajstić information content (AvgIpc) is 2.18. The van der Waals surface area contributed by atoms with E-state index in [9.17, 15) is 4.39 Å². The lowest BCUT2D eigenvalue weighted by Crippen LogP contribution is -1.98. The van der Waals surface area contributed by atoms with Crippen molar-refractivity contribution in [2.24, 2.45) is 0 Å². The maximum Gasteiger partial charge on any atom is 0.249 e. The standard InChI is InChI=1S/C10H10FNO/c1-12-7-9(11)8-5-3-4-6-10(8)13-2/h3-6,9H,7H2,2H3. The van der Waals surface area contributed by atoms with Crippen LogP contribution in [0.3, 0.4) is 0 Å².